The average Bonchev–Trinajstić information content (AvgIpc) is 2.80. The molecule has 0 aromatic carbocycles. The lowest BCUT2D eigenvalue weighted by Gasteiger charge is -2.18. The average molecular weight is 259 g/mol. The molecule has 0 radical (unpaired) electrons. The van der Waals surface area contributed by atoms with Gasteiger partial charge in [-0.05, 0) is 32.0 Å². The predicted octanol–water partition coefficient (Wildman–Crippen LogP) is 1.33. The molecule has 0 bridgehead atoms. The van der Waals surface area contributed by atoms with Crippen molar-refractivity contribution >= 4 is 11.6 Å². The number of amides is 1. The topological polar surface area (TPSA) is 85.8 Å². The first-order chi connectivity index (χ1) is 8.96. The van der Waals surface area contributed by atoms with E-state index in [-0.39, 0.29) is 12.3 Å². The van der Waals surface area contributed by atoms with E-state index in [2.05, 4.69) is 15.4 Å². The minimum atomic E-state index is -0.543. The van der Waals surface area contributed by atoms with Crippen LogP contribution in [-0.4, -0.2) is 26.2 Å². The number of hydrogen-bond donors (Lipinski definition) is 2. The normalized spacial score (nSPS) is 11.3. The molecule has 6 heteroatoms. The minimum Gasteiger partial charge on any atom is -0.325 e. The number of anilines is 1. The molecule has 19 heavy (non-hydrogen) atoms. The lowest BCUT2D eigenvalue weighted by Crippen LogP contribution is -2.36. The molecule has 6 nitrogen and oxygen atoms in total. The zero-order valence-electron chi connectivity index (χ0n) is 11.0. The quantitative estimate of drug-likeness (QED) is 0.867. The van der Waals surface area contributed by atoms with Crippen molar-refractivity contribution < 1.29 is 4.79 Å². The van der Waals surface area contributed by atoms with E-state index >= 15 is 0 Å². The second kappa shape index (κ2) is 5.19. The van der Waals surface area contributed by atoms with Crippen molar-refractivity contribution in [1.29, 1.82) is 0 Å². The number of nitrogens with two attached hydrogens (primary N) is 1. The Morgan fingerprint density at radius 1 is 1.42 bits per heavy atom. The van der Waals surface area contributed by atoms with Gasteiger partial charge < -0.3 is 11.1 Å². The number of nitrogens with one attached hydrogen (secondary N) is 1. The monoisotopic (exact) mass is 259 g/mol. The van der Waals surface area contributed by atoms with E-state index in [9.17, 15) is 4.79 Å². The second-order valence-corrected chi connectivity index (χ2v) is 5.04. The highest BCUT2D eigenvalue weighted by atomic mass is 16.1. The highest BCUT2D eigenvalue weighted by Gasteiger charge is 2.17. The Labute approximate surface area is 111 Å². The van der Waals surface area contributed by atoms with Crippen LogP contribution in [0.2, 0.25) is 0 Å². The van der Waals surface area contributed by atoms with Crippen molar-refractivity contribution in [3.8, 4) is 5.82 Å². The maximum Gasteiger partial charge on any atom is 0.226 e. The van der Waals surface area contributed by atoms with Crippen molar-refractivity contribution in [1.82, 2.24) is 14.8 Å². The van der Waals surface area contributed by atoms with E-state index < -0.39 is 5.54 Å². The fraction of sp³-hybridized carbons (Fsp3) is 0.308. The molecule has 0 spiro atoms. The Bertz CT molecular complexity index is 557. The van der Waals surface area contributed by atoms with Gasteiger partial charge in [-0.1, -0.05) is 0 Å². The van der Waals surface area contributed by atoms with Crippen LogP contribution in [-0.2, 0) is 4.79 Å². The Morgan fingerprint density at radius 2 is 2.21 bits per heavy atom. The molecule has 0 saturated heterocycles. The van der Waals surface area contributed by atoms with E-state index in [0.29, 0.717) is 11.5 Å². The molecule has 0 fully saturated rings. The number of nitrogens with zero attached hydrogens (tertiary/aromatic N) is 3. The van der Waals surface area contributed by atoms with Gasteiger partial charge in [0.1, 0.15) is 0 Å². The van der Waals surface area contributed by atoms with Crippen LogP contribution in [0.25, 0.3) is 5.82 Å². The number of hydrogen-bond acceptors (Lipinski definition) is 4. The Morgan fingerprint density at radius 3 is 2.84 bits per heavy atom. The number of pyridine rings is 1. The van der Waals surface area contributed by atoms with Crippen molar-refractivity contribution in [3.05, 3.63) is 36.8 Å². The van der Waals surface area contributed by atoms with Gasteiger partial charge in [-0.2, -0.15) is 5.10 Å². The van der Waals surface area contributed by atoms with Crippen LogP contribution in [0.4, 0.5) is 5.69 Å². The Hall–Kier alpha value is -2.21. The summed E-state index contributed by atoms with van der Waals surface area (Å²) in [6.07, 6.45) is 5.31. The molecule has 2 rings (SSSR count). The largest absolute Gasteiger partial charge is 0.325 e. The summed E-state index contributed by atoms with van der Waals surface area (Å²) in [5.41, 5.74) is 5.90. The van der Waals surface area contributed by atoms with Crippen molar-refractivity contribution in [2.24, 2.45) is 5.73 Å². The summed E-state index contributed by atoms with van der Waals surface area (Å²) < 4.78 is 1.60. The van der Waals surface area contributed by atoms with E-state index in [1.165, 1.54) is 0 Å². The fourth-order valence-electron chi connectivity index (χ4n) is 1.68. The molecule has 0 saturated carbocycles. The predicted molar refractivity (Wildman–Crippen MR) is 72.9 cm³/mol. The number of carbonyl (C=O) groups excluding carboxylic acids is 1. The van der Waals surface area contributed by atoms with Crippen molar-refractivity contribution in [2.75, 3.05) is 5.32 Å². The molecule has 1 amide bonds. The van der Waals surface area contributed by atoms with Crippen LogP contribution in [0, 0.1) is 0 Å². The van der Waals surface area contributed by atoms with Gasteiger partial charge in [0.25, 0.3) is 0 Å². The summed E-state index contributed by atoms with van der Waals surface area (Å²) in [6, 6.07) is 5.34. The van der Waals surface area contributed by atoms with Crippen molar-refractivity contribution in [3.63, 3.8) is 0 Å². The van der Waals surface area contributed by atoms with Crippen LogP contribution in [0.15, 0.2) is 36.8 Å². The van der Waals surface area contributed by atoms with Gasteiger partial charge in [0, 0.05) is 30.6 Å². The summed E-state index contributed by atoms with van der Waals surface area (Å²) in [7, 11) is 0. The van der Waals surface area contributed by atoms with Crippen LogP contribution in [0.3, 0.4) is 0 Å². The third-order valence-electron chi connectivity index (χ3n) is 2.40. The summed E-state index contributed by atoms with van der Waals surface area (Å²) in [5, 5.41) is 6.92. The molecular formula is C13H17N5O. The maximum absolute atomic E-state index is 11.9. The summed E-state index contributed by atoms with van der Waals surface area (Å²) in [4.78, 5) is 16.1. The highest BCUT2D eigenvalue weighted by molar-refractivity contribution is 5.92. The first-order valence-electron chi connectivity index (χ1n) is 5.99. The molecule has 2 heterocycles. The van der Waals surface area contributed by atoms with E-state index in [1.807, 2.05) is 13.8 Å². The first kappa shape index (κ1) is 13.2. The Balaban J connectivity index is 2.20. The first-order valence-corrected chi connectivity index (χ1v) is 5.99. The summed E-state index contributed by atoms with van der Waals surface area (Å²) in [6.45, 7) is 3.62. The van der Waals surface area contributed by atoms with E-state index in [1.54, 1.807) is 41.5 Å². The molecule has 100 valence electrons. The highest BCUT2D eigenvalue weighted by Crippen LogP contribution is 2.17. The van der Waals surface area contributed by atoms with Gasteiger partial charge in [-0.25, -0.2) is 9.67 Å². The van der Waals surface area contributed by atoms with Gasteiger partial charge in [0.2, 0.25) is 5.91 Å². The van der Waals surface area contributed by atoms with Crippen molar-refractivity contribution in [2.45, 2.75) is 25.8 Å². The van der Waals surface area contributed by atoms with Crippen LogP contribution in [0.1, 0.15) is 20.3 Å². The summed E-state index contributed by atoms with van der Waals surface area (Å²) >= 11 is 0. The SMILES string of the molecule is CC(C)(N)CC(=O)Nc1cccnc1-n1cccn1. The molecule has 2 aromatic heterocycles. The zero-order valence-corrected chi connectivity index (χ0v) is 11.0. The molecule has 2 aromatic rings. The van der Waals surface area contributed by atoms with Crippen LogP contribution >= 0.6 is 0 Å². The van der Waals surface area contributed by atoms with E-state index in [0.717, 1.165) is 0 Å². The van der Waals surface area contributed by atoms with E-state index in [4.69, 9.17) is 5.73 Å². The molecular weight excluding hydrogens is 242 g/mol. The molecule has 0 unspecified atom stereocenters. The number of aromatic nitrogens is 3. The molecule has 3 N–H and O–H groups in total. The number of carbonyl (C=O) groups is 1. The van der Waals surface area contributed by atoms with Gasteiger partial charge >= 0.3 is 0 Å². The second-order valence-electron chi connectivity index (χ2n) is 5.04. The third-order valence-corrected chi connectivity index (χ3v) is 2.40. The smallest absolute Gasteiger partial charge is 0.226 e. The fourth-order valence-corrected chi connectivity index (χ4v) is 1.68. The van der Waals surface area contributed by atoms with Gasteiger partial charge in [-0.3, -0.25) is 4.79 Å². The lowest BCUT2D eigenvalue weighted by atomic mass is 10.0. The van der Waals surface area contributed by atoms with Crippen LogP contribution < -0.4 is 11.1 Å². The third kappa shape index (κ3) is 3.62. The summed E-state index contributed by atoms with van der Waals surface area (Å²) in [5.74, 6) is 0.435. The molecule has 0 aliphatic rings. The van der Waals surface area contributed by atoms with Gasteiger partial charge in [0.05, 0.1) is 5.69 Å². The van der Waals surface area contributed by atoms with Gasteiger partial charge in [-0.15, -0.1) is 0 Å². The molecule has 0 atom stereocenters. The van der Waals surface area contributed by atoms with Crippen LogP contribution in [0.5, 0.6) is 0 Å². The van der Waals surface area contributed by atoms with Gasteiger partial charge in [0.15, 0.2) is 5.82 Å². The lowest BCUT2D eigenvalue weighted by molar-refractivity contribution is -0.117. The standard InChI is InChI=1S/C13H17N5O/c1-13(2,14)9-11(19)17-10-5-3-6-15-12(10)18-8-4-7-16-18/h3-8H,9,14H2,1-2H3,(H,17,19). The number of rotatable bonds is 4. The minimum absolute atomic E-state index is 0.145. The zero-order chi connectivity index (χ0) is 13.9. The Kier molecular flexibility index (Phi) is 3.62. The molecule has 0 aliphatic carbocycles. The maximum atomic E-state index is 11.9. The molecule has 0 aliphatic heterocycles.